The van der Waals surface area contributed by atoms with Crippen molar-refractivity contribution in [3.8, 4) is 0 Å². The van der Waals surface area contributed by atoms with Gasteiger partial charge in [-0.2, -0.15) is 5.10 Å². The summed E-state index contributed by atoms with van der Waals surface area (Å²) in [5.41, 5.74) is 3.40. The van der Waals surface area contributed by atoms with Crippen molar-refractivity contribution in [2.45, 2.75) is 40.2 Å². The molecule has 0 spiro atoms. The third kappa shape index (κ3) is 4.44. The summed E-state index contributed by atoms with van der Waals surface area (Å²) < 4.78 is 1.74. The van der Waals surface area contributed by atoms with Crippen molar-refractivity contribution in [2.75, 3.05) is 6.54 Å². The second-order valence-electron chi connectivity index (χ2n) is 6.67. The van der Waals surface area contributed by atoms with Gasteiger partial charge in [-0.15, -0.1) is 0 Å². The summed E-state index contributed by atoms with van der Waals surface area (Å²) in [7, 11) is 1.87. The highest BCUT2D eigenvalue weighted by Crippen LogP contribution is 2.25. The van der Waals surface area contributed by atoms with Crippen LogP contribution in [0.1, 0.15) is 43.5 Å². The minimum atomic E-state index is 0.0720. The Morgan fingerprint density at radius 2 is 1.96 bits per heavy atom. The van der Waals surface area contributed by atoms with E-state index in [1.807, 2.05) is 30.3 Å². The molecule has 0 aliphatic heterocycles. The summed E-state index contributed by atoms with van der Waals surface area (Å²) in [6.45, 7) is 9.27. The van der Waals surface area contributed by atoms with E-state index >= 15 is 0 Å². The molecule has 0 N–H and O–H groups in total. The van der Waals surface area contributed by atoms with Crippen molar-refractivity contribution in [1.29, 1.82) is 0 Å². The summed E-state index contributed by atoms with van der Waals surface area (Å²) in [6.07, 6.45) is 4.07. The molecule has 2 rings (SSSR count). The van der Waals surface area contributed by atoms with Gasteiger partial charge in [-0.1, -0.05) is 38.1 Å². The number of benzene rings is 1. The molecule has 0 aliphatic rings. The van der Waals surface area contributed by atoms with E-state index in [1.165, 1.54) is 11.1 Å². The minimum absolute atomic E-state index is 0.0720. The minimum Gasteiger partial charge on any atom is -0.335 e. The molecule has 0 bridgehead atoms. The van der Waals surface area contributed by atoms with E-state index < -0.39 is 0 Å². The van der Waals surface area contributed by atoms with E-state index in [2.05, 4.69) is 44.9 Å². The second kappa shape index (κ2) is 7.44. The number of amides is 1. The van der Waals surface area contributed by atoms with E-state index in [1.54, 1.807) is 10.9 Å². The molecule has 2 aromatic rings. The molecule has 0 radical (unpaired) electrons. The summed E-state index contributed by atoms with van der Waals surface area (Å²) >= 11 is 0. The highest BCUT2D eigenvalue weighted by molar-refractivity contribution is 5.79. The Balaban J connectivity index is 2.22. The average molecular weight is 313 g/mol. The fourth-order valence-corrected chi connectivity index (χ4v) is 2.93. The predicted molar refractivity (Wildman–Crippen MR) is 93.1 cm³/mol. The zero-order valence-electron chi connectivity index (χ0n) is 14.8. The molecule has 0 fully saturated rings. The lowest BCUT2D eigenvalue weighted by atomic mass is 9.99. The number of carbonyl (C=O) groups excluding carboxylic acids is 1. The lowest BCUT2D eigenvalue weighted by molar-refractivity contribution is -0.133. The van der Waals surface area contributed by atoms with Crippen molar-refractivity contribution >= 4 is 5.91 Å². The second-order valence-corrected chi connectivity index (χ2v) is 6.67. The standard InChI is InChI=1S/C19H27N3O/c1-14(2)12-22(16(4)18-9-7-6-8-15(18)3)19(23)10-17-11-20-21(5)13-17/h6-9,11,13-14,16H,10,12H2,1-5H3/t16-/m0/s1. The van der Waals surface area contributed by atoms with E-state index in [-0.39, 0.29) is 11.9 Å². The zero-order valence-corrected chi connectivity index (χ0v) is 14.8. The van der Waals surface area contributed by atoms with E-state index in [9.17, 15) is 4.79 Å². The molecule has 0 saturated carbocycles. The summed E-state index contributed by atoms with van der Waals surface area (Å²) in [4.78, 5) is 14.9. The first-order chi connectivity index (χ1) is 10.9. The van der Waals surface area contributed by atoms with Crippen LogP contribution in [-0.4, -0.2) is 27.1 Å². The predicted octanol–water partition coefficient (Wildman–Crippen LogP) is 3.52. The summed E-state index contributed by atoms with van der Waals surface area (Å²) in [6, 6.07) is 8.37. The quantitative estimate of drug-likeness (QED) is 0.818. The van der Waals surface area contributed by atoms with Gasteiger partial charge in [-0.25, -0.2) is 0 Å². The molecule has 1 aromatic carbocycles. The molecule has 4 nitrogen and oxygen atoms in total. The third-order valence-electron chi connectivity index (χ3n) is 4.10. The monoisotopic (exact) mass is 313 g/mol. The van der Waals surface area contributed by atoms with Gasteiger partial charge in [0.15, 0.2) is 0 Å². The van der Waals surface area contributed by atoms with Gasteiger partial charge < -0.3 is 4.90 Å². The first-order valence-electron chi connectivity index (χ1n) is 8.21. The molecule has 1 aromatic heterocycles. The number of rotatable bonds is 6. The van der Waals surface area contributed by atoms with E-state index in [0.717, 1.165) is 12.1 Å². The van der Waals surface area contributed by atoms with Gasteiger partial charge in [0, 0.05) is 19.8 Å². The molecule has 0 saturated heterocycles. The first-order valence-corrected chi connectivity index (χ1v) is 8.21. The van der Waals surface area contributed by atoms with Crippen LogP contribution in [0.15, 0.2) is 36.7 Å². The molecule has 124 valence electrons. The topological polar surface area (TPSA) is 38.1 Å². The van der Waals surface area contributed by atoms with Crippen molar-refractivity contribution in [2.24, 2.45) is 13.0 Å². The van der Waals surface area contributed by atoms with Crippen LogP contribution in [0.5, 0.6) is 0 Å². The third-order valence-corrected chi connectivity index (χ3v) is 4.10. The number of hydrogen-bond acceptors (Lipinski definition) is 2. The Morgan fingerprint density at radius 1 is 1.26 bits per heavy atom. The summed E-state index contributed by atoms with van der Waals surface area (Å²) in [5.74, 6) is 0.585. The van der Waals surface area contributed by atoms with Gasteiger partial charge in [-0.05, 0) is 36.5 Å². The van der Waals surface area contributed by atoms with Crippen LogP contribution in [-0.2, 0) is 18.3 Å². The van der Waals surface area contributed by atoms with Crippen LogP contribution < -0.4 is 0 Å². The van der Waals surface area contributed by atoms with Crippen LogP contribution >= 0.6 is 0 Å². The van der Waals surface area contributed by atoms with Gasteiger partial charge in [-0.3, -0.25) is 9.48 Å². The van der Waals surface area contributed by atoms with Gasteiger partial charge in [0.05, 0.1) is 18.7 Å². The van der Waals surface area contributed by atoms with Crippen molar-refractivity contribution < 1.29 is 4.79 Å². The Bertz CT molecular complexity index is 660. The van der Waals surface area contributed by atoms with Gasteiger partial charge in [0.25, 0.3) is 0 Å². The van der Waals surface area contributed by atoms with E-state index in [0.29, 0.717) is 12.3 Å². The Morgan fingerprint density at radius 3 is 2.52 bits per heavy atom. The molecule has 0 aliphatic carbocycles. The van der Waals surface area contributed by atoms with Crippen LogP contribution in [0.25, 0.3) is 0 Å². The van der Waals surface area contributed by atoms with Gasteiger partial charge in [0.2, 0.25) is 5.91 Å². The summed E-state index contributed by atoms with van der Waals surface area (Å²) in [5, 5.41) is 4.15. The molecular formula is C19H27N3O. The molecule has 1 amide bonds. The van der Waals surface area contributed by atoms with Crippen LogP contribution in [0.4, 0.5) is 0 Å². The fourth-order valence-electron chi connectivity index (χ4n) is 2.93. The molecule has 4 heteroatoms. The Kier molecular flexibility index (Phi) is 5.59. The van der Waals surface area contributed by atoms with Gasteiger partial charge in [0.1, 0.15) is 0 Å². The maximum Gasteiger partial charge on any atom is 0.227 e. The lowest BCUT2D eigenvalue weighted by Gasteiger charge is -2.32. The van der Waals surface area contributed by atoms with Crippen molar-refractivity contribution in [3.63, 3.8) is 0 Å². The normalized spacial score (nSPS) is 12.4. The van der Waals surface area contributed by atoms with E-state index in [4.69, 9.17) is 0 Å². The number of carbonyl (C=O) groups is 1. The SMILES string of the molecule is Cc1ccccc1[C@H](C)N(CC(C)C)C(=O)Cc1cnn(C)c1. The maximum absolute atomic E-state index is 12.9. The molecule has 1 heterocycles. The molecule has 23 heavy (non-hydrogen) atoms. The van der Waals surface area contributed by atoms with Crippen LogP contribution in [0.2, 0.25) is 0 Å². The number of nitrogens with zero attached hydrogens (tertiary/aromatic N) is 3. The number of aromatic nitrogens is 2. The Hall–Kier alpha value is -2.10. The van der Waals surface area contributed by atoms with Crippen LogP contribution in [0, 0.1) is 12.8 Å². The highest BCUT2D eigenvalue weighted by atomic mass is 16.2. The Labute approximate surface area is 139 Å². The smallest absolute Gasteiger partial charge is 0.227 e. The fraction of sp³-hybridized carbons (Fsp3) is 0.474. The molecular weight excluding hydrogens is 286 g/mol. The highest BCUT2D eigenvalue weighted by Gasteiger charge is 2.23. The molecule has 1 atom stereocenters. The van der Waals surface area contributed by atoms with Crippen LogP contribution in [0.3, 0.4) is 0 Å². The largest absolute Gasteiger partial charge is 0.335 e. The maximum atomic E-state index is 12.9. The van der Waals surface area contributed by atoms with Crippen molar-refractivity contribution in [3.05, 3.63) is 53.3 Å². The first kappa shape index (κ1) is 17.3. The molecule has 0 unspecified atom stereocenters. The van der Waals surface area contributed by atoms with Gasteiger partial charge >= 0.3 is 0 Å². The lowest BCUT2D eigenvalue weighted by Crippen LogP contribution is -2.37. The number of hydrogen-bond donors (Lipinski definition) is 0. The number of aryl methyl sites for hydroxylation is 2. The average Bonchev–Trinajstić information content (AvgIpc) is 2.89. The zero-order chi connectivity index (χ0) is 17.0. The van der Waals surface area contributed by atoms with Crippen molar-refractivity contribution in [1.82, 2.24) is 14.7 Å².